The van der Waals surface area contributed by atoms with E-state index in [9.17, 15) is 9.59 Å². The van der Waals surface area contributed by atoms with Crippen LogP contribution in [0, 0.1) is 5.92 Å². The predicted octanol–water partition coefficient (Wildman–Crippen LogP) is 1.18. The molecule has 1 heterocycles. The van der Waals surface area contributed by atoms with Crippen molar-refractivity contribution in [1.29, 1.82) is 0 Å². The summed E-state index contributed by atoms with van der Waals surface area (Å²) in [5, 5.41) is 6.10. The van der Waals surface area contributed by atoms with Crippen LogP contribution in [0.5, 0.6) is 5.75 Å². The molecule has 2 rings (SSSR count). The molecule has 1 saturated heterocycles. The van der Waals surface area contributed by atoms with Crippen molar-refractivity contribution in [3.63, 3.8) is 0 Å². The van der Waals surface area contributed by atoms with Gasteiger partial charge < -0.3 is 20.1 Å². The molecule has 0 aliphatic carbocycles. The molecule has 0 radical (unpaired) electrons. The Balaban J connectivity index is 1.78. The lowest BCUT2D eigenvalue weighted by Crippen LogP contribution is -2.18. The van der Waals surface area contributed by atoms with E-state index in [0.29, 0.717) is 18.1 Å². The van der Waals surface area contributed by atoms with Crippen LogP contribution in [0.25, 0.3) is 0 Å². The Morgan fingerprint density at radius 1 is 1.33 bits per heavy atom. The van der Waals surface area contributed by atoms with E-state index in [2.05, 4.69) is 15.4 Å². The maximum absolute atomic E-state index is 11.9. The lowest BCUT2D eigenvalue weighted by Gasteiger charge is -2.10. The highest BCUT2D eigenvalue weighted by Crippen LogP contribution is 2.17. The van der Waals surface area contributed by atoms with Crippen LogP contribution in [0.1, 0.15) is 12.8 Å². The van der Waals surface area contributed by atoms with E-state index in [4.69, 9.17) is 4.74 Å². The smallest absolute Gasteiger partial charge is 0.343 e. The SMILES string of the molecule is COC(=O)COc1ccc(NC(=O)CC2CCNC2)cc1. The van der Waals surface area contributed by atoms with E-state index in [1.165, 1.54) is 7.11 Å². The molecule has 1 aliphatic rings. The fourth-order valence-electron chi connectivity index (χ4n) is 2.20. The minimum absolute atomic E-state index is 0.0203. The van der Waals surface area contributed by atoms with Gasteiger partial charge in [-0.05, 0) is 49.7 Å². The van der Waals surface area contributed by atoms with Crippen molar-refractivity contribution in [2.24, 2.45) is 5.92 Å². The molecule has 1 amide bonds. The van der Waals surface area contributed by atoms with Gasteiger partial charge in [-0.15, -0.1) is 0 Å². The van der Waals surface area contributed by atoms with Gasteiger partial charge in [-0.25, -0.2) is 4.79 Å². The molecule has 1 aromatic rings. The Kier molecular flexibility index (Phi) is 5.57. The molecule has 0 saturated carbocycles. The van der Waals surface area contributed by atoms with E-state index in [1.807, 2.05) is 0 Å². The summed E-state index contributed by atoms with van der Waals surface area (Å²) in [5.41, 5.74) is 0.719. The molecule has 6 heteroatoms. The zero-order valence-corrected chi connectivity index (χ0v) is 12.1. The fourth-order valence-corrected chi connectivity index (χ4v) is 2.20. The van der Waals surface area contributed by atoms with Crippen LogP contribution in [0.15, 0.2) is 24.3 Å². The first-order chi connectivity index (χ1) is 10.2. The summed E-state index contributed by atoms with van der Waals surface area (Å²) in [6.45, 7) is 1.77. The summed E-state index contributed by atoms with van der Waals surface area (Å²) in [7, 11) is 1.31. The fraction of sp³-hybridized carbons (Fsp3) is 0.467. The van der Waals surface area contributed by atoms with Gasteiger partial charge >= 0.3 is 5.97 Å². The topological polar surface area (TPSA) is 76.7 Å². The summed E-state index contributed by atoms with van der Waals surface area (Å²) in [6.07, 6.45) is 1.58. The first-order valence-electron chi connectivity index (χ1n) is 6.97. The maximum Gasteiger partial charge on any atom is 0.343 e. The Bertz CT molecular complexity index is 481. The second kappa shape index (κ2) is 7.64. The normalized spacial score (nSPS) is 17.3. The van der Waals surface area contributed by atoms with E-state index >= 15 is 0 Å². The first kappa shape index (κ1) is 15.3. The number of anilines is 1. The van der Waals surface area contributed by atoms with Gasteiger partial charge in [0.15, 0.2) is 6.61 Å². The number of rotatable bonds is 6. The molecule has 1 unspecified atom stereocenters. The minimum atomic E-state index is -0.433. The zero-order valence-electron chi connectivity index (χ0n) is 12.1. The number of amides is 1. The van der Waals surface area contributed by atoms with E-state index < -0.39 is 5.97 Å². The van der Waals surface area contributed by atoms with Gasteiger partial charge in [0.05, 0.1) is 7.11 Å². The highest BCUT2D eigenvalue weighted by molar-refractivity contribution is 5.90. The van der Waals surface area contributed by atoms with Gasteiger partial charge in [-0.2, -0.15) is 0 Å². The summed E-state index contributed by atoms with van der Waals surface area (Å²) < 4.78 is 9.72. The highest BCUT2D eigenvalue weighted by Gasteiger charge is 2.17. The third-order valence-corrected chi connectivity index (χ3v) is 3.36. The van der Waals surface area contributed by atoms with Gasteiger partial charge in [0.25, 0.3) is 0 Å². The van der Waals surface area contributed by atoms with Crippen LogP contribution in [-0.2, 0) is 14.3 Å². The lowest BCUT2D eigenvalue weighted by atomic mass is 10.0. The highest BCUT2D eigenvalue weighted by atomic mass is 16.6. The second-order valence-electron chi connectivity index (χ2n) is 5.00. The van der Waals surface area contributed by atoms with Crippen molar-refractivity contribution in [3.8, 4) is 5.75 Å². The summed E-state index contributed by atoms with van der Waals surface area (Å²) >= 11 is 0. The van der Waals surface area contributed by atoms with Crippen molar-refractivity contribution in [2.45, 2.75) is 12.8 Å². The van der Waals surface area contributed by atoms with E-state index in [1.54, 1.807) is 24.3 Å². The van der Waals surface area contributed by atoms with Crippen LogP contribution in [0.3, 0.4) is 0 Å². The number of benzene rings is 1. The third-order valence-electron chi connectivity index (χ3n) is 3.36. The molecule has 2 N–H and O–H groups in total. The van der Waals surface area contributed by atoms with Gasteiger partial charge in [0.1, 0.15) is 5.75 Å². The molecule has 0 spiro atoms. The number of esters is 1. The average Bonchev–Trinajstić information content (AvgIpc) is 2.99. The molecule has 114 valence electrons. The molecule has 1 aromatic carbocycles. The molecule has 1 fully saturated rings. The van der Waals surface area contributed by atoms with Gasteiger partial charge in [-0.3, -0.25) is 4.79 Å². The molecule has 1 aliphatic heterocycles. The van der Waals surface area contributed by atoms with Crippen molar-refractivity contribution in [3.05, 3.63) is 24.3 Å². The van der Waals surface area contributed by atoms with Gasteiger partial charge in [-0.1, -0.05) is 0 Å². The Morgan fingerprint density at radius 2 is 2.10 bits per heavy atom. The quantitative estimate of drug-likeness (QED) is 0.770. The van der Waals surface area contributed by atoms with Crippen LogP contribution >= 0.6 is 0 Å². The van der Waals surface area contributed by atoms with Crippen molar-refractivity contribution in [2.75, 3.05) is 32.1 Å². The number of hydrogen-bond acceptors (Lipinski definition) is 5. The number of methoxy groups -OCH3 is 1. The summed E-state index contributed by atoms with van der Waals surface area (Å²) in [6, 6.07) is 6.90. The summed E-state index contributed by atoms with van der Waals surface area (Å²) in [5.74, 6) is 0.565. The minimum Gasteiger partial charge on any atom is -0.482 e. The third kappa shape index (κ3) is 5.07. The van der Waals surface area contributed by atoms with Crippen molar-refractivity contribution < 1.29 is 19.1 Å². The zero-order chi connectivity index (χ0) is 15.1. The van der Waals surface area contributed by atoms with Crippen LogP contribution in [-0.4, -0.2) is 38.7 Å². The molecular formula is C15H20N2O4. The molecule has 6 nitrogen and oxygen atoms in total. The monoisotopic (exact) mass is 292 g/mol. The largest absolute Gasteiger partial charge is 0.482 e. The number of nitrogens with one attached hydrogen (secondary N) is 2. The number of hydrogen-bond donors (Lipinski definition) is 2. The van der Waals surface area contributed by atoms with Crippen LogP contribution < -0.4 is 15.4 Å². The lowest BCUT2D eigenvalue weighted by molar-refractivity contribution is -0.142. The molecular weight excluding hydrogens is 272 g/mol. The molecule has 0 bridgehead atoms. The number of ether oxygens (including phenoxy) is 2. The molecule has 21 heavy (non-hydrogen) atoms. The number of carbonyl (C=O) groups is 2. The van der Waals surface area contributed by atoms with Crippen LogP contribution in [0.4, 0.5) is 5.69 Å². The predicted molar refractivity (Wildman–Crippen MR) is 78.2 cm³/mol. The van der Waals surface area contributed by atoms with E-state index in [0.717, 1.165) is 25.2 Å². The Morgan fingerprint density at radius 3 is 2.71 bits per heavy atom. The number of carbonyl (C=O) groups excluding carboxylic acids is 2. The van der Waals surface area contributed by atoms with Crippen LogP contribution in [0.2, 0.25) is 0 Å². The van der Waals surface area contributed by atoms with Gasteiger partial charge in [0, 0.05) is 12.1 Å². The first-order valence-corrected chi connectivity index (χ1v) is 6.97. The average molecular weight is 292 g/mol. The maximum atomic E-state index is 11.9. The van der Waals surface area contributed by atoms with Crippen molar-refractivity contribution in [1.82, 2.24) is 5.32 Å². The second-order valence-corrected chi connectivity index (χ2v) is 5.00. The molecule has 0 aromatic heterocycles. The van der Waals surface area contributed by atoms with Crippen molar-refractivity contribution >= 4 is 17.6 Å². The standard InChI is InChI=1S/C15H20N2O4/c1-20-15(19)10-21-13-4-2-12(3-5-13)17-14(18)8-11-6-7-16-9-11/h2-5,11,16H,6-10H2,1H3,(H,17,18). The summed E-state index contributed by atoms with van der Waals surface area (Å²) in [4.78, 5) is 22.8. The Labute approximate surface area is 123 Å². The Hall–Kier alpha value is -2.08. The van der Waals surface area contributed by atoms with E-state index in [-0.39, 0.29) is 12.5 Å². The molecule has 1 atom stereocenters. The van der Waals surface area contributed by atoms with Gasteiger partial charge in [0.2, 0.25) is 5.91 Å².